The fraction of sp³-hybridized carbons (Fsp3) is 0.318. The third-order valence-corrected chi connectivity index (χ3v) is 6.84. The molecule has 2 aliphatic carbocycles. The molecule has 2 aromatic carbocycles. The number of esters is 1. The molecule has 5 rings (SSSR count). The van der Waals surface area contributed by atoms with Crippen molar-refractivity contribution in [3.63, 3.8) is 0 Å². The highest BCUT2D eigenvalue weighted by atomic mass is 79.9. The number of rotatable bonds is 3. The summed E-state index contributed by atoms with van der Waals surface area (Å²) in [4.78, 5) is 40.0. The molecule has 3 aliphatic rings. The molecule has 3 fully saturated rings. The number of nitrogens with zero attached hydrogens (tertiary/aromatic N) is 1. The van der Waals surface area contributed by atoms with Gasteiger partial charge in [0.15, 0.2) is 5.75 Å². The van der Waals surface area contributed by atoms with Crippen molar-refractivity contribution in [1.82, 2.24) is 0 Å². The lowest BCUT2D eigenvalue weighted by Crippen LogP contribution is -2.33. The van der Waals surface area contributed by atoms with Gasteiger partial charge in [0.1, 0.15) is 0 Å². The number of hydrogen-bond donors (Lipinski definition) is 0. The normalized spacial score (nSPS) is 28.0. The van der Waals surface area contributed by atoms with E-state index in [-0.39, 0.29) is 29.4 Å². The Morgan fingerprint density at radius 1 is 0.929 bits per heavy atom. The highest BCUT2D eigenvalue weighted by Gasteiger charge is 2.61. The largest absolute Gasteiger partial charge is 0.421 e. The third kappa shape index (κ3) is 2.62. The summed E-state index contributed by atoms with van der Waals surface area (Å²) in [5.41, 5.74) is 0.753. The number of halogens is 1. The lowest BCUT2D eigenvalue weighted by molar-refractivity contribution is -0.123. The minimum atomic E-state index is -0.528. The first-order valence-corrected chi connectivity index (χ1v) is 10.3. The minimum Gasteiger partial charge on any atom is -0.421 e. The molecule has 2 bridgehead atoms. The second-order valence-electron chi connectivity index (χ2n) is 7.76. The van der Waals surface area contributed by atoms with Crippen molar-refractivity contribution in [3.8, 4) is 5.75 Å². The van der Waals surface area contributed by atoms with Gasteiger partial charge in [0.2, 0.25) is 11.8 Å². The molecule has 6 heteroatoms. The number of anilines is 1. The van der Waals surface area contributed by atoms with Crippen molar-refractivity contribution in [2.75, 3.05) is 4.90 Å². The predicted molar refractivity (Wildman–Crippen MR) is 106 cm³/mol. The van der Waals surface area contributed by atoms with Crippen molar-refractivity contribution in [3.05, 3.63) is 58.6 Å². The number of fused-ring (bicyclic) bond motifs is 5. The first-order chi connectivity index (χ1) is 13.5. The van der Waals surface area contributed by atoms with Crippen LogP contribution in [0.4, 0.5) is 5.69 Å². The Balaban J connectivity index is 1.46. The molecule has 2 saturated carbocycles. The number of carbonyl (C=O) groups is 3. The summed E-state index contributed by atoms with van der Waals surface area (Å²) in [6.45, 7) is 0. The number of benzene rings is 2. The van der Waals surface area contributed by atoms with Crippen molar-refractivity contribution < 1.29 is 19.1 Å². The monoisotopic (exact) mass is 439 g/mol. The SMILES string of the molecule is O=C(Oc1ccccc1N1C(=O)[C@@H]2[C@H]3CC[C@@H](C3)[C@@H]2C1=O)c1ccc(Br)cc1. The zero-order valence-corrected chi connectivity index (χ0v) is 16.6. The van der Waals surface area contributed by atoms with Gasteiger partial charge in [-0.25, -0.2) is 9.69 Å². The topological polar surface area (TPSA) is 63.7 Å². The number of carbonyl (C=O) groups excluding carboxylic acids is 3. The average Bonchev–Trinajstić information content (AvgIpc) is 3.37. The van der Waals surface area contributed by atoms with Crippen LogP contribution < -0.4 is 9.64 Å². The van der Waals surface area contributed by atoms with Crippen LogP contribution in [0.15, 0.2) is 53.0 Å². The summed E-state index contributed by atoms with van der Waals surface area (Å²) < 4.78 is 6.43. The van der Waals surface area contributed by atoms with Crippen molar-refractivity contribution in [1.29, 1.82) is 0 Å². The Bertz CT molecular complexity index is 958. The Morgan fingerprint density at radius 3 is 2.18 bits per heavy atom. The van der Waals surface area contributed by atoms with Crippen molar-refractivity contribution in [2.45, 2.75) is 19.3 Å². The Hall–Kier alpha value is -2.47. The van der Waals surface area contributed by atoms with E-state index < -0.39 is 5.97 Å². The molecule has 0 aromatic heterocycles. The molecular weight excluding hydrogens is 422 g/mol. The van der Waals surface area contributed by atoms with E-state index in [0.717, 1.165) is 23.7 Å². The maximum Gasteiger partial charge on any atom is 0.343 e. The van der Waals surface area contributed by atoms with Crippen molar-refractivity contribution >= 4 is 39.4 Å². The molecule has 0 spiro atoms. The number of para-hydroxylation sites is 2. The van der Waals surface area contributed by atoms with E-state index >= 15 is 0 Å². The Labute approximate surface area is 170 Å². The lowest BCUT2D eigenvalue weighted by Gasteiger charge is -2.20. The predicted octanol–water partition coefficient (Wildman–Crippen LogP) is 4.20. The van der Waals surface area contributed by atoms with Crippen LogP contribution in [0, 0.1) is 23.7 Å². The smallest absolute Gasteiger partial charge is 0.343 e. The van der Waals surface area contributed by atoms with E-state index in [2.05, 4.69) is 15.9 Å². The molecule has 2 aromatic rings. The molecule has 0 radical (unpaired) electrons. The number of imide groups is 1. The summed E-state index contributed by atoms with van der Waals surface area (Å²) >= 11 is 3.34. The lowest BCUT2D eigenvalue weighted by atomic mass is 9.81. The molecule has 1 saturated heterocycles. The second kappa shape index (κ2) is 6.55. The van der Waals surface area contributed by atoms with E-state index in [1.165, 1.54) is 4.90 Å². The van der Waals surface area contributed by atoms with E-state index in [1.54, 1.807) is 48.5 Å². The molecule has 0 N–H and O–H groups in total. The molecule has 1 aliphatic heterocycles. The number of amides is 2. The van der Waals surface area contributed by atoms with Gasteiger partial charge in [-0.1, -0.05) is 28.1 Å². The van der Waals surface area contributed by atoms with Crippen LogP contribution in [0.5, 0.6) is 5.75 Å². The molecule has 0 unspecified atom stereocenters. The average molecular weight is 440 g/mol. The van der Waals surface area contributed by atoms with Gasteiger partial charge in [-0.2, -0.15) is 0 Å². The van der Waals surface area contributed by atoms with Gasteiger partial charge >= 0.3 is 5.97 Å². The quantitative estimate of drug-likeness (QED) is 0.408. The summed E-state index contributed by atoms with van der Waals surface area (Å²) in [5.74, 6) is -0.377. The molecule has 2 amide bonds. The summed E-state index contributed by atoms with van der Waals surface area (Å²) in [6.07, 6.45) is 3.04. The van der Waals surface area contributed by atoms with Crippen LogP contribution in [-0.4, -0.2) is 17.8 Å². The van der Waals surface area contributed by atoms with Gasteiger partial charge in [-0.15, -0.1) is 0 Å². The Kier molecular flexibility index (Phi) is 4.12. The first-order valence-electron chi connectivity index (χ1n) is 9.49. The summed E-state index contributed by atoms with van der Waals surface area (Å²) in [7, 11) is 0. The highest BCUT2D eigenvalue weighted by Crippen LogP contribution is 2.57. The van der Waals surface area contributed by atoms with Gasteiger partial charge in [0.25, 0.3) is 0 Å². The van der Waals surface area contributed by atoms with E-state index in [9.17, 15) is 14.4 Å². The fourth-order valence-corrected chi connectivity index (χ4v) is 5.38. The van der Waals surface area contributed by atoms with Crippen molar-refractivity contribution in [2.24, 2.45) is 23.7 Å². The van der Waals surface area contributed by atoms with Gasteiger partial charge in [-0.05, 0) is 67.5 Å². The Morgan fingerprint density at radius 2 is 1.54 bits per heavy atom. The molecule has 5 nitrogen and oxygen atoms in total. The van der Waals surface area contributed by atoms with E-state index in [1.807, 2.05) is 0 Å². The first kappa shape index (κ1) is 17.6. The molecule has 4 atom stereocenters. The van der Waals surface area contributed by atoms with E-state index in [0.29, 0.717) is 23.1 Å². The van der Waals surface area contributed by atoms with Crippen LogP contribution >= 0.6 is 15.9 Å². The molecule has 142 valence electrons. The van der Waals surface area contributed by atoms with Gasteiger partial charge in [-0.3, -0.25) is 9.59 Å². The zero-order chi connectivity index (χ0) is 19.4. The van der Waals surface area contributed by atoms with Crippen LogP contribution in [0.25, 0.3) is 0 Å². The highest BCUT2D eigenvalue weighted by molar-refractivity contribution is 9.10. The summed E-state index contributed by atoms with van der Waals surface area (Å²) in [6, 6.07) is 13.6. The number of hydrogen-bond acceptors (Lipinski definition) is 4. The van der Waals surface area contributed by atoms with Crippen LogP contribution in [-0.2, 0) is 9.59 Å². The third-order valence-electron chi connectivity index (χ3n) is 6.32. The van der Waals surface area contributed by atoms with Gasteiger partial charge in [0.05, 0.1) is 23.1 Å². The van der Waals surface area contributed by atoms with E-state index in [4.69, 9.17) is 4.74 Å². The maximum absolute atomic E-state index is 13.1. The second-order valence-corrected chi connectivity index (χ2v) is 8.68. The van der Waals surface area contributed by atoms with Crippen LogP contribution in [0.2, 0.25) is 0 Å². The molecule has 1 heterocycles. The molecule has 28 heavy (non-hydrogen) atoms. The van der Waals surface area contributed by atoms with Gasteiger partial charge in [0, 0.05) is 4.47 Å². The maximum atomic E-state index is 13.1. The molecular formula is C22H18BrNO4. The van der Waals surface area contributed by atoms with Crippen LogP contribution in [0.1, 0.15) is 29.6 Å². The number of ether oxygens (including phenoxy) is 1. The minimum absolute atomic E-state index is 0.144. The fourth-order valence-electron chi connectivity index (χ4n) is 5.12. The standard InChI is InChI=1S/C22H18BrNO4/c23-15-9-7-12(8-10-15)22(27)28-17-4-2-1-3-16(17)24-20(25)18-13-5-6-14(11-13)19(18)21(24)26/h1-4,7-10,13-14,18-19H,5-6,11H2/t13-,14-,18-,19+/m0/s1. The van der Waals surface area contributed by atoms with Crippen LogP contribution in [0.3, 0.4) is 0 Å². The van der Waals surface area contributed by atoms with Gasteiger partial charge < -0.3 is 4.74 Å². The summed E-state index contributed by atoms with van der Waals surface area (Å²) in [5, 5.41) is 0. The zero-order valence-electron chi connectivity index (χ0n) is 15.0.